The van der Waals surface area contributed by atoms with Gasteiger partial charge in [-0.3, -0.25) is 4.98 Å². The zero-order valence-corrected chi connectivity index (χ0v) is 17.1. The number of rotatable bonds is 7. The van der Waals surface area contributed by atoms with Crippen LogP contribution in [-0.2, 0) is 19.6 Å². The lowest BCUT2D eigenvalue weighted by Gasteiger charge is -2.04. The van der Waals surface area contributed by atoms with Gasteiger partial charge in [0.1, 0.15) is 11.4 Å². The van der Waals surface area contributed by atoms with E-state index in [0.717, 1.165) is 28.2 Å². The minimum absolute atomic E-state index is 0.468. The van der Waals surface area contributed by atoms with E-state index in [2.05, 4.69) is 10.3 Å². The Balaban J connectivity index is 1.57. The molecule has 0 saturated carbocycles. The molecule has 5 nitrogen and oxygen atoms in total. The van der Waals surface area contributed by atoms with Crippen LogP contribution in [0, 0.1) is 0 Å². The van der Waals surface area contributed by atoms with Crippen LogP contribution in [0.3, 0.4) is 0 Å². The summed E-state index contributed by atoms with van der Waals surface area (Å²) < 4.78 is 0. The molecular weight excluding hydrogens is 405 g/mol. The molecule has 0 aliphatic rings. The number of hydrogen-bond acceptors (Lipinski definition) is 4. The van der Waals surface area contributed by atoms with Crippen LogP contribution < -0.4 is 5.32 Å². The Labute approximate surface area is 179 Å². The van der Waals surface area contributed by atoms with E-state index in [0.29, 0.717) is 29.7 Å². The number of hydrogen-bond donors (Lipinski definition) is 1. The highest BCUT2D eigenvalue weighted by atomic mass is 35.5. The lowest BCUT2D eigenvalue weighted by Crippen LogP contribution is -2.15. The molecule has 4 aromatic rings. The van der Waals surface area contributed by atoms with Crippen molar-refractivity contribution in [3.63, 3.8) is 0 Å². The lowest BCUT2D eigenvalue weighted by molar-refractivity contribution is 0.575. The second-order valence-corrected chi connectivity index (χ2v) is 7.40. The van der Waals surface area contributed by atoms with Gasteiger partial charge in [-0.1, -0.05) is 65.7 Å². The quantitative estimate of drug-likeness (QED) is 0.455. The van der Waals surface area contributed by atoms with Crippen molar-refractivity contribution in [2.75, 3.05) is 0 Å². The summed E-state index contributed by atoms with van der Waals surface area (Å²) in [5, 5.41) is 14.0. The first-order chi connectivity index (χ1) is 14.2. The van der Waals surface area contributed by atoms with Crippen molar-refractivity contribution in [1.29, 1.82) is 0 Å². The van der Waals surface area contributed by atoms with Crippen LogP contribution in [0.15, 0.2) is 72.9 Å². The molecule has 0 saturated heterocycles. The van der Waals surface area contributed by atoms with Crippen LogP contribution in [0.2, 0.25) is 10.0 Å². The zero-order valence-electron chi connectivity index (χ0n) is 15.6. The molecule has 0 aliphatic heterocycles. The van der Waals surface area contributed by atoms with E-state index < -0.39 is 0 Å². The maximum Gasteiger partial charge on any atom is 0.117 e. The van der Waals surface area contributed by atoms with Crippen LogP contribution >= 0.6 is 23.2 Å². The van der Waals surface area contributed by atoms with Crippen LogP contribution in [0.5, 0.6) is 0 Å². The highest BCUT2D eigenvalue weighted by Gasteiger charge is 2.14. The van der Waals surface area contributed by atoms with Gasteiger partial charge < -0.3 is 5.32 Å². The fraction of sp³-hybridized carbons (Fsp3) is 0.136. The first kappa shape index (κ1) is 19.6. The van der Waals surface area contributed by atoms with Gasteiger partial charge in [-0.05, 0) is 29.8 Å². The molecule has 0 fully saturated rings. The first-order valence-electron chi connectivity index (χ1n) is 9.23. The Kier molecular flexibility index (Phi) is 6.20. The zero-order chi connectivity index (χ0) is 20.1. The summed E-state index contributed by atoms with van der Waals surface area (Å²) in [7, 11) is 0. The Morgan fingerprint density at radius 3 is 2.45 bits per heavy atom. The summed E-state index contributed by atoms with van der Waals surface area (Å²) >= 11 is 12.3. The lowest BCUT2D eigenvalue weighted by atomic mass is 10.1. The third-order valence-corrected chi connectivity index (χ3v) is 5.01. The highest BCUT2D eigenvalue weighted by Crippen LogP contribution is 2.23. The SMILES string of the molecule is Clc1ccc(Cn2nc(CNCc3ccccn3)c(-c3ccccc3)n2)c(Cl)c1. The van der Waals surface area contributed by atoms with Gasteiger partial charge >= 0.3 is 0 Å². The predicted octanol–water partition coefficient (Wildman–Crippen LogP) is 4.99. The molecule has 146 valence electrons. The summed E-state index contributed by atoms with van der Waals surface area (Å²) in [4.78, 5) is 6.01. The van der Waals surface area contributed by atoms with Crippen molar-refractivity contribution in [3.05, 3.63) is 99.9 Å². The van der Waals surface area contributed by atoms with Gasteiger partial charge in [0, 0.05) is 34.9 Å². The van der Waals surface area contributed by atoms with Crippen molar-refractivity contribution in [2.45, 2.75) is 19.6 Å². The molecule has 4 rings (SSSR count). The van der Waals surface area contributed by atoms with Gasteiger partial charge in [-0.25, -0.2) is 0 Å². The normalized spacial score (nSPS) is 11.0. The standard InChI is InChI=1S/C22H19Cl2N5/c23-18-10-9-17(20(24)12-18)15-29-27-21(14-25-13-19-8-4-5-11-26-19)22(28-29)16-6-2-1-3-7-16/h1-12,25H,13-15H2. The van der Waals surface area contributed by atoms with Gasteiger partial charge in [0.05, 0.1) is 12.2 Å². The number of pyridine rings is 1. The number of aromatic nitrogens is 4. The third-order valence-electron chi connectivity index (χ3n) is 4.42. The smallest absolute Gasteiger partial charge is 0.117 e. The topological polar surface area (TPSA) is 55.6 Å². The molecule has 29 heavy (non-hydrogen) atoms. The summed E-state index contributed by atoms with van der Waals surface area (Å²) in [5.41, 5.74) is 4.64. The van der Waals surface area contributed by atoms with E-state index in [1.165, 1.54) is 0 Å². The molecule has 0 unspecified atom stereocenters. The van der Waals surface area contributed by atoms with Crippen LogP contribution in [0.1, 0.15) is 17.0 Å². The second-order valence-electron chi connectivity index (χ2n) is 6.55. The predicted molar refractivity (Wildman–Crippen MR) is 116 cm³/mol. The Morgan fingerprint density at radius 2 is 1.69 bits per heavy atom. The van der Waals surface area contributed by atoms with Crippen molar-refractivity contribution < 1.29 is 0 Å². The molecule has 1 N–H and O–H groups in total. The maximum absolute atomic E-state index is 6.32. The van der Waals surface area contributed by atoms with Crippen LogP contribution in [-0.4, -0.2) is 20.0 Å². The van der Waals surface area contributed by atoms with Gasteiger partial charge in [0.2, 0.25) is 0 Å². The second kappa shape index (κ2) is 9.18. The Hall–Kier alpha value is -2.73. The molecule has 0 atom stereocenters. The van der Waals surface area contributed by atoms with E-state index in [9.17, 15) is 0 Å². The fourth-order valence-electron chi connectivity index (χ4n) is 3.01. The number of benzene rings is 2. The molecule has 0 spiro atoms. The highest BCUT2D eigenvalue weighted by molar-refractivity contribution is 6.35. The van der Waals surface area contributed by atoms with Crippen molar-refractivity contribution >= 4 is 23.2 Å². The number of halogens is 2. The molecule has 2 heterocycles. The molecule has 0 aliphatic carbocycles. The molecule has 2 aromatic heterocycles. The molecular formula is C22H19Cl2N5. The minimum Gasteiger partial charge on any atom is -0.305 e. The average molecular weight is 424 g/mol. The average Bonchev–Trinajstić information content (AvgIpc) is 3.14. The van der Waals surface area contributed by atoms with Gasteiger partial charge in [-0.2, -0.15) is 15.0 Å². The monoisotopic (exact) mass is 423 g/mol. The number of nitrogens with zero attached hydrogens (tertiary/aromatic N) is 4. The summed E-state index contributed by atoms with van der Waals surface area (Å²) in [6.45, 7) is 1.70. The first-order valence-corrected chi connectivity index (χ1v) is 9.98. The maximum atomic E-state index is 6.32. The van der Waals surface area contributed by atoms with Gasteiger partial charge in [0.25, 0.3) is 0 Å². The Morgan fingerprint density at radius 1 is 0.862 bits per heavy atom. The van der Waals surface area contributed by atoms with Gasteiger partial charge in [-0.15, -0.1) is 0 Å². The van der Waals surface area contributed by atoms with Crippen LogP contribution in [0.4, 0.5) is 0 Å². The summed E-state index contributed by atoms with van der Waals surface area (Å²) in [6, 6.07) is 21.4. The largest absolute Gasteiger partial charge is 0.305 e. The van der Waals surface area contributed by atoms with Gasteiger partial charge in [0.15, 0.2) is 0 Å². The Bertz CT molecular complexity index is 1080. The van der Waals surface area contributed by atoms with E-state index in [1.54, 1.807) is 17.1 Å². The summed E-state index contributed by atoms with van der Waals surface area (Å²) in [6.07, 6.45) is 1.79. The molecule has 0 radical (unpaired) electrons. The van der Waals surface area contributed by atoms with E-state index >= 15 is 0 Å². The summed E-state index contributed by atoms with van der Waals surface area (Å²) in [5.74, 6) is 0. The third kappa shape index (κ3) is 5.01. The van der Waals surface area contributed by atoms with Crippen molar-refractivity contribution in [3.8, 4) is 11.3 Å². The van der Waals surface area contributed by atoms with E-state index in [4.69, 9.17) is 33.4 Å². The van der Waals surface area contributed by atoms with Crippen molar-refractivity contribution in [2.24, 2.45) is 0 Å². The van der Waals surface area contributed by atoms with E-state index in [-0.39, 0.29) is 0 Å². The van der Waals surface area contributed by atoms with Crippen molar-refractivity contribution in [1.82, 2.24) is 25.3 Å². The van der Waals surface area contributed by atoms with Crippen LogP contribution in [0.25, 0.3) is 11.3 Å². The molecule has 2 aromatic carbocycles. The van der Waals surface area contributed by atoms with E-state index in [1.807, 2.05) is 60.7 Å². The number of nitrogens with one attached hydrogen (secondary N) is 1. The molecule has 0 amide bonds. The minimum atomic E-state index is 0.468. The molecule has 0 bridgehead atoms. The molecule has 7 heteroatoms. The fourth-order valence-corrected chi connectivity index (χ4v) is 3.47.